The molecule has 0 saturated carbocycles. The van der Waals surface area contributed by atoms with Crippen molar-refractivity contribution in [3.8, 4) is 40.1 Å². The van der Waals surface area contributed by atoms with E-state index in [0.717, 1.165) is 33.7 Å². The van der Waals surface area contributed by atoms with E-state index in [0.29, 0.717) is 17.4 Å². The molecule has 0 N–H and O–H groups in total. The molecule has 3 heterocycles. The van der Waals surface area contributed by atoms with E-state index in [4.69, 9.17) is 14.2 Å². The first-order chi connectivity index (χ1) is 19.4. The number of aromatic nitrogens is 3. The Bertz CT molecular complexity index is 1790. The maximum Gasteiger partial charge on any atom is 0.222 e. The van der Waals surface area contributed by atoms with E-state index < -0.39 is 0 Å². The van der Waals surface area contributed by atoms with Crippen molar-refractivity contribution in [1.29, 1.82) is 0 Å². The summed E-state index contributed by atoms with van der Waals surface area (Å²) in [5.74, 6) is 3.40. The number of hydrogen-bond donors (Lipinski definition) is 0. The van der Waals surface area contributed by atoms with Gasteiger partial charge in [-0.25, -0.2) is 9.97 Å². The van der Waals surface area contributed by atoms with Crippen molar-refractivity contribution in [2.75, 3.05) is 0 Å². The second-order valence-corrected chi connectivity index (χ2v) is 10.2. The van der Waals surface area contributed by atoms with Gasteiger partial charge in [0.2, 0.25) is 5.88 Å². The lowest BCUT2D eigenvalue weighted by molar-refractivity contribution is 0.240. The highest BCUT2D eigenvalue weighted by Crippen LogP contribution is 2.37. The fourth-order valence-corrected chi connectivity index (χ4v) is 4.93. The lowest BCUT2D eigenvalue weighted by Crippen LogP contribution is -2.06. The Morgan fingerprint density at radius 1 is 0.575 bits per heavy atom. The minimum absolute atomic E-state index is 0.0122. The van der Waals surface area contributed by atoms with Crippen LogP contribution in [0.1, 0.15) is 27.7 Å². The summed E-state index contributed by atoms with van der Waals surface area (Å²) in [5, 5.41) is 2.35. The van der Waals surface area contributed by atoms with Gasteiger partial charge in [0, 0.05) is 35.3 Å². The van der Waals surface area contributed by atoms with Crippen molar-refractivity contribution in [2.24, 2.45) is 0 Å². The van der Waals surface area contributed by atoms with Crippen LogP contribution in [0, 0.1) is 0 Å². The van der Waals surface area contributed by atoms with Crippen molar-refractivity contribution >= 4 is 21.8 Å². The van der Waals surface area contributed by atoms with Gasteiger partial charge in [-0.2, -0.15) is 0 Å². The molecular weight excluding hydrogens is 498 g/mol. The summed E-state index contributed by atoms with van der Waals surface area (Å²) in [4.78, 5) is 9.05. The van der Waals surface area contributed by atoms with Crippen molar-refractivity contribution in [3.05, 3.63) is 103 Å². The van der Waals surface area contributed by atoms with Gasteiger partial charge in [0.1, 0.15) is 23.1 Å². The van der Waals surface area contributed by atoms with Crippen LogP contribution in [0.4, 0.5) is 0 Å². The topological polar surface area (TPSA) is 58.4 Å². The first kappa shape index (κ1) is 25.4. The number of fused-ring (bicyclic) bond motifs is 3. The Balaban J connectivity index is 1.47. The molecule has 0 bridgehead atoms. The summed E-state index contributed by atoms with van der Waals surface area (Å²) in [5.41, 5.74) is 4.21. The highest BCUT2D eigenvalue weighted by Gasteiger charge is 2.15. The van der Waals surface area contributed by atoms with Gasteiger partial charge in [-0.15, -0.1) is 0 Å². The molecule has 40 heavy (non-hydrogen) atoms. The largest absolute Gasteiger partial charge is 0.491 e. The second-order valence-electron chi connectivity index (χ2n) is 10.2. The number of pyridine rings is 2. The van der Waals surface area contributed by atoms with Gasteiger partial charge in [0.25, 0.3) is 0 Å². The maximum atomic E-state index is 6.23. The van der Waals surface area contributed by atoms with Gasteiger partial charge in [0.15, 0.2) is 0 Å². The predicted octanol–water partition coefficient (Wildman–Crippen LogP) is 8.61. The average Bonchev–Trinajstić information content (AvgIpc) is 3.26. The number of nitrogens with zero attached hydrogens (tertiary/aromatic N) is 3. The summed E-state index contributed by atoms with van der Waals surface area (Å²) in [6.07, 6.45) is 3.58. The third-order valence-corrected chi connectivity index (χ3v) is 6.44. The summed E-state index contributed by atoms with van der Waals surface area (Å²) in [7, 11) is 0. The third kappa shape index (κ3) is 5.21. The molecule has 6 heteroatoms. The zero-order valence-electron chi connectivity index (χ0n) is 23.0. The van der Waals surface area contributed by atoms with Crippen LogP contribution in [0.2, 0.25) is 0 Å². The zero-order valence-corrected chi connectivity index (χ0v) is 23.0. The average molecular weight is 530 g/mol. The highest BCUT2D eigenvalue weighted by atomic mass is 16.5. The standard InChI is InChI=1S/C34H31N3O3/c1-22(2)38-26-14-16-36-34(21-26)40-28-18-25(17-27(20-28)39-23(3)4)24-12-13-30-29-9-5-6-10-31(29)37(32(30)19-24)33-11-7-8-15-35-33/h5-23H,1-4H3. The van der Waals surface area contributed by atoms with Crippen LogP contribution >= 0.6 is 0 Å². The molecular formula is C34H31N3O3. The zero-order chi connectivity index (χ0) is 27.6. The van der Waals surface area contributed by atoms with E-state index in [1.807, 2.05) is 76.4 Å². The Labute approximate surface area is 233 Å². The first-order valence-electron chi connectivity index (χ1n) is 13.5. The van der Waals surface area contributed by atoms with Gasteiger partial charge in [0.05, 0.1) is 23.2 Å². The molecule has 0 radical (unpaired) electrons. The maximum absolute atomic E-state index is 6.23. The Morgan fingerprint density at radius 3 is 2.12 bits per heavy atom. The monoisotopic (exact) mass is 529 g/mol. The van der Waals surface area contributed by atoms with Gasteiger partial charge in [-0.05, 0) is 81.3 Å². The van der Waals surface area contributed by atoms with E-state index in [2.05, 4.69) is 57.0 Å². The normalized spacial score (nSPS) is 11.4. The molecule has 6 rings (SSSR count). The molecule has 0 unspecified atom stereocenters. The molecule has 200 valence electrons. The quantitative estimate of drug-likeness (QED) is 0.198. The molecule has 0 saturated heterocycles. The van der Waals surface area contributed by atoms with Gasteiger partial charge in [-0.1, -0.05) is 36.4 Å². The van der Waals surface area contributed by atoms with Crippen molar-refractivity contribution in [1.82, 2.24) is 14.5 Å². The van der Waals surface area contributed by atoms with Crippen molar-refractivity contribution < 1.29 is 14.2 Å². The number of rotatable bonds is 8. The third-order valence-electron chi connectivity index (χ3n) is 6.44. The number of benzene rings is 3. The van der Waals surface area contributed by atoms with Crippen LogP contribution in [-0.2, 0) is 0 Å². The summed E-state index contributed by atoms with van der Waals surface area (Å²) in [6, 6.07) is 30.5. The van der Waals surface area contributed by atoms with E-state index in [-0.39, 0.29) is 12.2 Å². The van der Waals surface area contributed by atoms with E-state index in [9.17, 15) is 0 Å². The number of ether oxygens (including phenoxy) is 3. The molecule has 6 nitrogen and oxygen atoms in total. The van der Waals surface area contributed by atoms with E-state index in [1.165, 1.54) is 10.8 Å². The number of hydrogen-bond acceptors (Lipinski definition) is 5. The van der Waals surface area contributed by atoms with Crippen molar-refractivity contribution in [3.63, 3.8) is 0 Å². The molecule has 0 spiro atoms. The van der Waals surface area contributed by atoms with Crippen LogP contribution in [0.25, 0.3) is 38.8 Å². The summed E-state index contributed by atoms with van der Waals surface area (Å²) < 4.78 is 20.4. The highest BCUT2D eigenvalue weighted by molar-refractivity contribution is 6.10. The van der Waals surface area contributed by atoms with Crippen LogP contribution in [-0.4, -0.2) is 26.7 Å². The van der Waals surface area contributed by atoms with Gasteiger partial charge < -0.3 is 14.2 Å². The molecule has 0 aliphatic rings. The van der Waals surface area contributed by atoms with Crippen molar-refractivity contribution in [2.45, 2.75) is 39.9 Å². The fraction of sp³-hybridized carbons (Fsp3) is 0.176. The molecule has 0 aliphatic carbocycles. The van der Waals surface area contributed by atoms with E-state index >= 15 is 0 Å². The van der Waals surface area contributed by atoms with E-state index in [1.54, 1.807) is 12.3 Å². The molecule has 0 amide bonds. The molecule has 3 aromatic carbocycles. The van der Waals surface area contributed by atoms with Gasteiger partial charge in [-0.3, -0.25) is 4.57 Å². The van der Waals surface area contributed by atoms with Crippen LogP contribution in [0.3, 0.4) is 0 Å². The minimum Gasteiger partial charge on any atom is -0.491 e. The van der Waals surface area contributed by atoms with Gasteiger partial charge >= 0.3 is 0 Å². The summed E-state index contributed by atoms with van der Waals surface area (Å²) in [6.45, 7) is 8.01. The first-order valence-corrected chi connectivity index (χ1v) is 13.5. The Morgan fingerprint density at radius 2 is 1.32 bits per heavy atom. The molecule has 6 aromatic rings. The SMILES string of the molecule is CC(C)Oc1cc(Oc2cc(OC(C)C)ccn2)cc(-c2ccc3c4ccccc4n(-c4ccccn4)c3c2)c1. The molecule has 0 aliphatic heterocycles. The number of para-hydroxylation sites is 1. The second kappa shape index (κ2) is 10.7. The Hall–Kier alpha value is -4.84. The van der Waals surface area contributed by atoms with Crippen LogP contribution < -0.4 is 14.2 Å². The van der Waals surface area contributed by atoms with Crippen LogP contribution in [0.15, 0.2) is 103 Å². The lowest BCUT2D eigenvalue weighted by Gasteiger charge is -2.15. The smallest absolute Gasteiger partial charge is 0.222 e. The molecule has 0 atom stereocenters. The summed E-state index contributed by atoms with van der Waals surface area (Å²) >= 11 is 0. The Kier molecular flexibility index (Phi) is 6.83. The molecule has 3 aromatic heterocycles. The van der Waals surface area contributed by atoms with Crippen LogP contribution in [0.5, 0.6) is 23.1 Å². The minimum atomic E-state index is 0.0122. The molecule has 0 fully saturated rings. The lowest BCUT2D eigenvalue weighted by atomic mass is 10.0. The predicted molar refractivity (Wildman–Crippen MR) is 160 cm³/mol. The fourth-order valence-electron chi connectivity index (χ4n) is 4.93.